The highest BCUT2D eigenvalue weighted by Crippen LogP contribution is 2.22. The van der Waals surface area contributed by atoms with E-state index in [4.69, 9.17) is 5.41 Å². The van der Waals surface area contributed by atoms with Crippen molar-refractivity contribution in [2.45, 2.75) is 6.54 Å². The second-order valence-electron chi connectivity index (χ2n) is 4.74. The van der Waals surface area contributed by atoms with Crippen LogP contribution in [0.2, 0.25) is 0 Å². The summed E-state index contributed by atoms with van der Waals surface area (Å²) in [6, 6.07) is 3.92. The van der Waals surface area contributed by atoms with Crippen molar-refractivity contribution in [2.75, 3.05) is 10.4 Å². The third-order valence-corrected chi connectivity index (χ3v) is 4.35. The molecule has 2 aromatic heterocycles. The van der Waals surface area contributed by atoms with E-state index in [-0.39, 0.29) is 16.1 Å². The van der Waals surface area contributed by atoms with Crippen LogP contribution in [0, 0.1) is 11.2 Å². The van der Waals surface area contributed by atoms with E-state index < -0.39 is 5.82 Å². The van der Waals surface area contributed by atoms with Gasteiger partial charge in [0.15, 0.2) is 0 Å². The lowest BCUT2D eigenvalue weighted by molar-refractivity contribution is 0.306. The van der Waals surface area contributed by atoms with Crippen LogP contribution in [0.3, 0.4) is 0 Å². The second kappa shape index (κ2) is 7.07. The molecule has 0 radical (unpaired) electrons. The van der Waals surface area contributed by atoms with Crippen molar-refractivity contribution in [3.8, 4) is 0 Å². The lowest BCUT2D eigenvalue weighted by atomic mass is 10.3. The summed E-state index contributed by atoms with van der Waals surface area (Å²) in [5.41, 5.74) is 3.57. The van der Waals surface area contributed by atoms with Crippen LogP contribution >= 0.6 is 27.3 Å². The van der Waals surface area contributed by atoms with E-state index in [1.165, 1.54) is 40.4 Å². The van der Waals surface area contributed by atoms with Gasteiger partial charge in [-0.25, -0.2) is 14.1 Å². The predicted molar refractivity (Wildman–Crippen MR) is 93.2 cm³/mol. The van der Waals surface area contributed by atoms with Crippen molar-refractivity contribution in [3.05, 3.63) is 57.5 Å². The Kier molecular flexibility index (Phi) is 4.88. The number of hydroxylamine groups is 1. The minimum Gasteiger partial charge on any atom is -0.377 e. The molecular formula is C14H12BrFN6OS. The van der Waals surface area contributed by atoms with Crippen molar-refractivity contribution in [1.82, 2.24) is 14.8 Å². The van der Waals surface area contributed by atoms with Crippen LogP contribution < -0.4 is 10.4 Å². The number of hydrogen-bond acceptors (Lipinski definition) is 6. The number of hydrogen-bond donors (Lipinski definition) is 3. The first-order valence-corrected chi connectivity index (χ1v) is 8.47. The molecule has 24 heavy (non-hydrogen) atoms. The quantitative estimate of drug-likeness (QED) is 0.347. The van der Waals surface area contributed by atoms with Crippen molar-refractivity contribution in [3.63, 3.8) is 0 Å². The molecule has 3 aromatic rings. The summed E-state index contributed by atoms with van der Waals surface area (Å²) in [5, 5.41) is 27.8. The Bertz CT molecular complexity index is 853. The highest BCUT2D eigenvalue weighted by Gasteiger charge is 2.14. The third-order valence-electron chi connectivity index (χ3n) is 3.11. The van der Waals surface area contributed by atoms with Gasteiger partial charge in [0.05, 0.1) is 46.0 Å². The molecule has 7 nitrogen and oxygen atoms in total. The molecule has 3 rings (SSSR count). The standard InChI is InChI=1S/C14H12BrFN6OS/c15-12-3-11(1-2-13(12)16)22(23)14(17)21-6-9(5-20-21)18-4-10-7-24-8-19-10/h1-3,5-8,17-18,23H,4H2. The van der Waals surface area contributed by atoms with E-state index >= 15 is 0 Å². The molecule has 1 aromatic carbocycles. The van der Waals surface area contributed by atoms with E-state index in [2.05, 4.69) is 31.3 Å². The van der Waals surface area contributed by atoms with Crippen LogP contribution in [0.25, 0.3) is 0 Å². The number of halogens is 2. The van der Waals surface area contributed by atoms with Gasteiger partial charge in [-0.2, -0.15) is 10.2 Å². The lowest BCUT2D eigenvalue weighted by Gasteiger charge is -2.17. The zero-order valence-electron chi connectivity index (χ0n) is 12.1. The van der Waals surface area contributed by atoms with Crippen LogP contribution in [0.4, 0.5) is 15.8 Å². The van der Waals surface area contributed by atoms with Gasteiger partial charge in [-0.3, -0.25) is 10.6 Å². The Balaban J connectivity index is 1.69. The smallest absolute Gasteiger partial charge is 0.248 e. The fourth-order valence-corrected chi connectivity index (χ4v) is 2.81. The number of nitrogens with zero attached hydrogens (tertiary/aromatic N) is 4. The van der Waals surface area contributed by atoms with E-state index in [1.54, 1.807) is 11.7 Å². The average Bonchev–Trinajstić information content (AvgIpc) is 3.25. The molecule has 124 valence electrons. The number of aromatic nitrogens is 3. The van der Waals surface area contributed by atoms with Gasteiger partial charge >= 0.3 is 0 Å². The van der Waals surface area contributed by atoms with Crippen LogP contribution in [-0.4, -0.2) is 25.9 Å². The normalized spacial score (nSPS) is 10.6. The number of benzene rings is 1. The van der Waals surface area contributed by atoms with Gasteiger partial charge in [-0.1, -0.05) is 0 Å². The van der Waals surface area contributed by atoms with E-state index in [0.29, 0.717) is 17.3 Å². The molecule has 10 heteroatoms. The maximum Gasteiger partial charge on any atom is 0.248 e. The van der Waals surface area contributed by atoms with Crippen LogP contribution in [0.15, 0.2) is 46.0 Å². The first-order valence-electron chi connectivity index (χ1n) is 6.73. The largest absolute Gasteiger partial charge is 0.377 e. The van der Waals surface area contributed by atoms with Crippen molar-refractivity contribution in [1.29, 1.82) is 5.41 Å². The van der Waals surface area contributed by atoms with Crippen LogP contribution in [0.5, 0.6) is 0 Å². The SMILES string of the molecule is N=C(N(O)c1ccc(F)c(Br)c1)n1cc(NCc2cscn2)cn1. The number of anilines is 2. The maximum atomic E-state index is 13.3. The Morgan fingerprint density at radius 3 is 3.04 bits per heavy atom. The molecule has 0 aliphatic carbocycles. The van der Waals surface area contributed by atoms with Gasteiger partial charge in [0.25, 0.3) is 0 Å². The first kappa shape index (κ1) is 16.6. The topological polar surface area (TPSA) is 90.1 Å². The Morgan fingerprint density at radius 1 is 1.50 bits per heavy atom. The lowest BCUT2D eigenvalue weighted by Crippen LogP contribution is -2.32. The summed E-state index contributed by atoms with van der Waals surface area (Å²) in [6.45, 7) is 0.538. The van der Waals surface area contributed by atoms with Crippen molar-refractivity contribution >= 4 is 44.6 Å². The minimum absolute atomic E-state index is 0.193. The molecule has 0 spiro atoms. The summed E-state index contributed by atoms with van der Waals surface area (Å²) >= 11 is 4.55. The monoisotopic (exact) mass is 410 g/mol. The summed E-state index contributed by atoms with van der Waals surface area (Å²) in [7, 11) is 0. The zero-order valence-corrected chi connectivity index (χ0v) is 14.6. The second-order valence-corrected chi connectivity index (χ2v) is 6.31. The Hall–Kier alpha value is -2.30. The first-order chi connectivity index (χ1) is 11.5. The van der Waals surface area contributed by atoms with Gasteiger partial charge in [0.2, 0.25) is 5.96 Å². The van der Waals surface area contributed by atoms with Gasteiger partial charge in [0, 0.05) is 5.38 Å². The molecule has 0 fully saturated rings. The maximum absolute atomic E-state index is 13.3. The zero-order chi connectivity index (χ0) is 17.1. The molecule has 0 amide bonds. The number of thiazole rings is 1. The van der Waals surface area contributed by atoms with Gasteiger partial charge in [0.1, 0.15) is 5.82 Å². The molecular weight excluding hydrogens is 399 g/mol. The van der Waals surface area contributed by atoms with Crippen molar-refractivity contribution in [2.24, 2.45) is 0 Å². The number of nitrogens with one attached hydrogen (secondary N) is 2. The molecule has 0 bridgehead atoms. The van der Waals surface area contributed by atoms with Gasteiger partial charge in [-0.05, 0) is 34.1 Å². The third kappa shape index (κ3) is 3.61. The molecule has 2 heterocycles. The van der Waals surface area contributed by atoms with E-state index in [9.17, 15) is 9.60 Å². The summed E-state index contributed by atoms with van der Waals surface area (Å²) in [6.07, 6.45) is 3.10. The summed E-state index contributed by atoms with van der Waals surface area (Å²) in [5.74, 6) is -0.749. The van der Waals surface area contributed by atoms with Crippen LogP contribution in [0.1, 0.15) is 5.69 Å². The Labute approximate surface area is 149 Å². The predicted octanol–water partition coefficient (Wildman–Crippen LogP) is 3.53. The molecule has 0 saturated heterocycles. The highest BCUT2D eigenvalue weighted by molar-refractivity contribution is 9.10. The molecule has 0 unspecified atom stereocenters. The molecule has 0 aliphatic heterocycles. The highest BCUT2D eigenvalue weighted by atomic mass is 79.9. The van der Waals surface area contributed by atoms with Gasteiger partial charge < -0.3 is 5.32 Å². The van der Waals surface area contributed by atoms with Gasteiger partial charge in [-0.15, -0.1) is 11.3 Å². The Morgan fingerprint density at radius 2 is 2.33 bits per heavy atom. The fraction of sp³-hybridized carbons (Fsp3) is 0.0714. The minimum atomic E-state index is -0.453. The molecule has 0 atom stereocenters. The fourth-order valence-electron chi connectivity index (χ4n) is 1.88. The van der Waals surface area contributed by atoms with E-state index in [0.717, 1.165) is 5.69 Å². The summed E-state index contributed by atoms with van der Waals surface area (Å²) < 4.78 is 14.6. The summed E-state index contributed by atoms with van der Waals surface area (Å²) in [4.78, 5) is 4.16. The van der Waals surface area contributed by atoms with Crippen LogP contribution in [-0.2, 0) is 6.54 Å². The number of rotatable bonds is 4. The van der Waals surface area contributed by atoms with E-state index in [1.807, 2.05) is 5.38 Å². The van der Waals surface area contributed by atoms with Crippen molar-refractivity contribution < 1.29 is 9.60 Å². The molecule has 0 aliphatic rings. The molecule has 0 saturated carbocycles. The average molecular weight is 411 g/mol. The molecule has 3 N–H and O–H groups in total.